The predicted molar refractivity (Wildman–Crippen MR) is 111 cm³/mol. The average molecular weight is 461 g/mol. The summed E-state index contributed by atoms with van der Waals surface area (Å²) in [6.45, 7) is 0. The summed E-state index contributed by atoms with van der Waals surface area (Å²) in [6.07, 6.45) is 1.55. The molecular formula is C20H19N3O8S. The Kier molecular flexibility index (Phi) is 5.63. The molecule has 1 atom stereocenters. The highest BCUT2D eigenvalue weighted by atomic mass is 32.2. The van der Waals surface area contributed by atoms with Crippen LogP contribution in [0.25, 0.3) is 11.0 Å². The first-order chi connectivity index (χ1) is 15.4. The number of nitrogens with zero attached hydrogens (tertiary/aromatic N) is 2. The molecule has 4 aromatic rings. The van der Waals surface area contributed by atoms with Gasteiger partial charge >= 0.3 is 0 Å². The van der Waals surface area contributed by atoms with Crippen LogP contribution in [0.4, 0.5) is 5.82 Å². The minimum Gasteiger partial charge on any atom is -0.496 e. The van der Waals surface area contributed by atoms with Crippen LogP contribution in [-0.4, -0.2) is 45.0 Å². The average Bonchev–Trinajstić information content (AvgIpc) is 3.47. The van der Waals surface area contributed by atoms with Gasteiger partial charge in [0, 0.05) is 0 Å². The molecule has 0 aliphatic heterocycles. The number of sulfonamides is 1. The van der Waals surface area contributed by atoms with Gasteiger partial charge in [-0.3, -0.25) is 4.72 Å². The number of rotatable bonds is 8. The number of aromatic nitrogens is 2. The number of aliphatic hydroxyl groups excluding tert-OH is 1. The molecule has 2 aromatic heterocycles. The molecule has 0 aliphatic carbocycles. The second-order valence-corrected chi connectivity index (χ2v) is 8.12. The monoisotopic (exact) mass is 461 g/mol. The van der Waals surface area contributed by atoms with Crippen molar-refractivity contribution in [1.82, 2.24) is 10.1 Å². The van der Waals surface area contributed by atoms with Crippen molar-refractivity contribution < 1.29 is 36.7 Å². The van der Waals surface area contributed by atoms with Crippen LogP contribution < -0.4 is 18.9 Å². The van der Waals surface area contributed by atoms with Crippen LogP contribution in [0.5, 0.6) is 17.2 Å². The number of anilines is 1. The number of benzene rings is 2. The largest absolute Gasteiger partial charge is 0.496 e. The number of hydrogen-bond donors (Lipinski definition) is 2. The molecule has 0 radical (unpaired) electrons. The Labute approximate surface area is 182 Å². The van der Waals surface area contributed by atoms with Crippen LogP contribution in [0.15, 0.2) is 56.6 Å². The van der Waals surface area contributed by atoms with Crippen molar-refractivity contribution in [3.63, 3.8) is 0 Å². The number of hydrogen-bond acceptors (Lipinski definition) is 10. The van der Waals surface area contributed by atoms with Crippen LogP contribution in [0.1, 0.15) is 17.6 Å². The molecule has 0 spiro atoms. The number of nitrogens with one attached hydrogen (secondary N) is 1. The second-order valence-electron chi connectivity index (χ2n) is 6.50. The van der Waals surface area contributed by atoms with Crippen LogP contribution >= 0.6 is 0 Å². The van der Waals surface area contributed by atoms with Crippen LogP contribution in [-0.2, 0) is 10.0 Å². The molecule has 0 unspecified atom stereocenters. The molecule has 2 aromatic carbocycles. The number of oxazole rings is 1. The van der Waals surface area contributed by atoms with Crippen molar-refractivity contribution in [2.45, 2.75) is 11.0 Å². The maximum Gasteiger partial charge on any atom is 0.270 e. The molecule has 4 rings (SSSR count). The molecule has 0 saturated carbocycles. The lowest BCUT2D eigenvalue weighted by Gasteiger charge is -2.14. The second kappa shape index (κ2) is 8.40. The minimum atomic E-state index is -4.20. The van der Waals surface area contributed by atoms with E-state index in [0.29, 0.717) is 5.56 Å². The first-order valence-corrected chi connectivity index (χ1v) is 10.7. The van der Waals surface area contributed by atoms with Crippen molar-refractivity contribution in [3.05, 3.63) is 54.2 Å². The molecule has 0 fully saturated rings. The van der Waals surface area contributed by atoms with E-state index in [1.807, 2.05) is 0 Å². The van der Waals surface area contributed by atoms with Crippen molar-refractivity contribution >= 4 is 26.8 Å². The van der Waals surface area contributed by atoms with Gasteiger partial charge in [-0.15, -0.1) is 0 Å². The topological polar surface area (TPSA) is 146 Å². The van der Waals surface area contributed by atoms with Crippen LogP contribution in [0, 0.1) is 0 Å². The molecule has 2 N–H and O–H groups in total. The maximum absolute atomic E-state index is 13.2. The third-order valence-corrected chi connectivity index (χ3v) is 6.07. The minimum absolute atomic E-state index is 0.0788. The van der Waals surface area contributed by atoms with Gasteiger partial charge in [0.05, 0.1) is 27.5 Å². The first-order valence-electron chi connectivity index (χ1n) is 9.18. The summed E-state index contributed by atoms with van der Waals surface area (Å²) < 4.78 is 55.0. The van der Waals surface area contributed by atoms with E-state index in [-0.39, 0.29) is 44.8 Å². The highest BCUT2D eigenvalue weighted by Gasteiger charge is 2.28. The standard InChI is InChI=1S/C20H19N3O8S/c1-27-12-5-4-6-13(28-2)18(12)32(25,26)23-19-16-14(29-3)9-11(10-15(16)31-22-19)17(24)20-21-7-8-30-20/h4-10,17,24H,1-3H3,(H,22,23)/t17-/m1/s1. The van der Waals surface area contributed by atoms with Crippen molar-refractivity contribution in [2.24, 2.45) is 0 Å². The third kappa shape index (κ3) is 3.69. The van der Waals surface area contributed by atoms with Crippen molar-refractivity contribution in [1.29, 1.82) is 0 Å². The van der Waals surface area contributed by atoms with Crippen LogP contribution in [0.3, 0.4) is 0 Å². The molecule has 12 heteroatoms. The summed E-state index contributed by atoms with van der Waals surface area (Å²) in [4.78, 5) is 3.73. The predicted octanol–water partition coefficient (Wildman–Crippen LogP) is 2.72. The zero-order valence-corrected chi connectivity index (χ0v) is 18.0. The van der Waals surface area contributed by atoms with E-state index < -0.39 is 16.1 Å². The SMILES string of the molecule is COc1cccc(OC)c1S(=O)(=O)Nc1noc2cc([C@@H](O)c3ncco3)cc(OC)c12. The molecule has 168 valence electrons. The Morgan fingerprint density at radius 3 is 2.34 bits per heavy atom. The Hall–Kier alpha value is -3.77. The van der Waals surface area contributed by atoms with E-state index in [2.05, 4.69) is 14.9 Å². The number of fused-ring (bicyclic) bond motifs is 1. The molecule has 11 nitrogen and oxygen atoms in total. The number of ether oxygens (including phenoxy) is 3. The fraction of sp³-hybridized carbons (Fsp3) is 0.200. The Morgan fingerprint density at radius 2 is 1.75 bits per heavy atom. The highest BCUT2D eigenvalue weighted by molar-refractivity contribution is 7.93. The zero-order valence-electron chi connectivity index (χ0n) is 17.2. The van der Waals surface area contributed by atoms with Gasteiger partial charge in [-0.1, -0.05) is 11.2 Å². The smallest absolute Gasteiger partial charge is 0.270 e. The molecule has 0 amide bonds. The fourth-order valence-corrected chi connectivity index (χ4v) is 4.55. The number of methoxy groups -OCH3 is 3. The van der Waals surface area contributed by atoms with Gasteiger partial charge in [-0.05, 0) is 29.8 Å². The molecule has 32 heavy (non-hydrogen) atoms. The lowest BCUT2D eigenvalue weighted by atomic mass is 10.1. The van der Waals surface area contributed by atoms with E-state index in [1.165, 1.54) is 58.1 Å². The normalized spacial score (nSPS) is 12.5. The lowest BCUT2D eigenvalue weighted by molar-refractivity contribution is 0.182. The van der Waals surface area contributed by atoms with Crippen molar-refractivity contribution in [2.75, 3.05) is 26.1 Å². The molecular weight excluding hydrogens is 442 g/mol. The lowest BCUT2D eigenvalue weighted by Crippen LogP contribution is -2.15. The van der Waals surface area contributed by atoms with Gasteiger partial charge in [0.1, 0.15) is 28.9 Å². The van der Waals surface area contributed by atoms with E-state index >= 15 is 0 Å². The third-order valence-electron chi connectivity index (χ3n) is 4.66. The number of aliphatic hydroxyl groups is 1. The van der Waals surface area contributed by atoms with Crippen LogP contribution in [0.2, 0.25) is 0 Å². The quantitative estimate of drug-likeness (QED) is 0.401. The van der Waals surface area contributed by atoms with E-state index in [9.17, 15) is 13.5 Å². The van der Waals surface area contributed by atoms with Gasteiger partial charge in [-0.2, -0.15) is 0 Å². The van der Waals surface area contributed by atoms with E-state index in [1.54, 1.807) is 6.07 Å². The van der Waals surface area contributed by atoms with Gasteiger partial charge in [-0.25, -0.2) is 13.4 Å². The summed E-state index contributed by atoms with van der Waals surface area (Å²) in [7, 11) is -0.106. The maximum atomic E-state index is 13.2. The van der Waals surface area contributed by atoms with Gasteiger partial charge < -0.3 is 28.3 Å². The summed E-state index contributed by atoms with van der Waals surface area (Å²) in [5, 5.41) is 14.6. The summed E-state index contributed by atoms with van der Waals surface area (Å²) >= 11 is 0. The Balaban J connectivity index is 1.78. The summed E-state index contributed by atoms with van der Waals surface area (Å²) in [6, 6.07) is 7.59. The first kappa shape index (κ1) is 21.5. The van der Waals surface area contributed by atoms with Crippen molar-refractivity contribution in [3.8, 4) is 17.2 Å². The Morgan fingerprint density at radius 1 is 1.06 bits per heavy atom. The molecule has 0 saturated heterocycles. The van der Waals surface area contributed by atoms with E-state index in [0.717, 1.165) is 0 Å². The summed E-state index contributed by atoms with van der Waals surface area (Å²) in [5.74, 6) is 0.368. The van der Waals surface area contributed by atoms with Gasteiger partial charge in [0.25, 0.3) is 10.0 Å². The fourth-order valence-electron chi connectivity index (χ4n) is 3.22. The molecule has 0 aliphatic rings. The Bertz CT molecular complexity index is 1330. The van der Waals surface area contributed by atoms with Gasteiger partial charge in [0.2, 0.25) is 5.89 Å². The van der Waals surface area contributed by atoms with Gasteiger partial charge in [0.15, 0.2) is 22.4 Å². The molecule has 2 heterocycles. The summed E-state index contributed by atoms with van der Waals surface area (Å²) in [5.41, 5.74) is 0.531. The van der Waals surface area contributed by atoms with E-state index in [4.69, 9.17) is 23.2 Å². The zero-order chi connectivity index (χ0) is 22.9. The molecule has 0 bridgehead atoms. The highest BCUT2D eigenvalue weighted by Crippen LogP contribution is 2.39.